The van der Waals surface area contributed by atoms with Crippen LogP contribution in [0.25, 0.3) is 0 Å². The van der Waals surface area contributed by atoms with Gasteiger partial charge in [-0.05, 0) is 75.1 Å². The third-order valence-electron chi connectivity index (χ3n) is 7.13. The molecule has 0 aliphatic carbocycles. The Morgan fingerprint density at radius 1 is 0.927 bits per heavy atom. The van der Waals surface area contributed by atoms with E-state index in [0.29, 0.717) is 17.9 Å². The zero-order valence-electron chi connectivity index (χ0n) is 24.8. The van der Waals surface area contributed by atoms with Crippen LogP contribution >= 0.6 is 0 Å². The number of benzene rings is 3. The molecule has 9 heteroatoms. The van der Waals surface area contributed by atoms with Crippen LogP contribution in [0, 0.1) is 13.8 Å². The van der Waals surface area contributed by atoms with Crippen molar-refractivity contribution in [2.75, 3.05) is 18.0 Å². The molecule has 0 unspecified atom stereocenters. The Balaban J connectivity index is 2.07. The van der Waals surface area contributed by atoms with Gasteiger partial charge in [-0.3, -0.25) is 13.9 Å². The Kier molecular flexibility index (Phi) is 10.9. The van der Waals surface area contributed by atoms with Crippen LogP contribution in [0.15, 0.2) is 77.7 Å². The summed E-state index contributed by atoms with van der Waals surface area (Å²) in [5.41, 5.74) is 2.90. The van der Waals surface area contributed by atoms with E-state index in [4.69, 9.17) is 4.74 Å². The van der Waals surface area contributed by atoms with Crippen LogP contribution in [0.2, 0.25) is 0 Å². The number of carbonyl (C=O) groups is 2. The maximum atomic E-state index is 14.2. The fourth-order valence-electron chi connectivity index (χ4n) is 4.61. The first-order valence-corrected chi connectivity index (χ1v) is 15.3. The van der Waals surface area contributed by atoms with Crippen LogP contribution in [0.1, 0.15) is 50.3 Å². The monoisotopic (exact) mass is 579 g/mol. The van der Waals surface area contributed by atoms with Crippen molar-refractivity contribution in [2.24, 2.45) is 0 Å². The molecule has 0 saturated heterocycles. The van der Waals surface area contributed by atoms with Gasteiger partial charge in [0.25, 0.3) is 10.0 Å². The minimum absolute atomic E-state index is 0.0698. The van der Waals surface area contributed by atoms with Gasteiger partial charge in [0.1, 0.15) is 18.3 Å². The summed E-state index contributed by atoms with van der Waals surface area (Å²) in [5.74, 6) is -0.0812. The summed E-state index contributed by atoms with van der Waals surface area (Å²) in [6.07, 6.45) is 1.10. The third kappa shape index (κ3) is 7.88. The normalized spacial score (nSPS) is 12.7. The zero-order valence-corrected chi connectivity index (χ0v) is 25.6. The van der Waals surface area contributed by atoms with Gasteiger partial charge in [-0.1, -0.05) is 61.9 Å². The van der Waals surface area contributed by atoms with Gasteiger partial charge in [0.05, 0.1) is 17.7 Å². The second-order valence-electron chi connectivity index (χ2n) is 10.2. The number of hydrogen-bond acceptors (Lipinski definition) is 5. The molecule has 1 N–H and O–H groups in total. The molecular weight excluding hydrogens is 538 g/mol. The van der Waals surface area contributed by atoms with E-state index >= 15 is 0 Å². The van der Waals surface area contributed by atoms with Crippen molar-refractivity contribution in [2.45, 2.75) is 71.0 Å². The van der Waals surface area contributed by atoms with Crippen LogP contribution in [-0.4, -0.2) is 50.9 Å². The SMILES string of the molecule is CC[C@@H](C)NC(=O)[C@H](CC)N(Cc1ccc(OC)cc1)C(=O)CN(c1ccc(C)cc1C)S(=O)(=O)c1ccccc1. The smallest absolute Gasteiger partial charge is 0.264 e. The minimum atomic E-state index is -4.11. The van der Waals surface area contributed by atoms with Gasteiger partial charge in [-0.2, -0.15) is 0 Å². The highest BCUT2D eigenvalue weighted by atomic mass is 32.2. The molecule has 0 aliphatic heterocycles. The number of anilines is 1. The second-order valence-corrected chi connectivity index (χ2v) is 12.1. The topological polar surface area (TPSA) is 96.0 Å². The lowest BCUT2D eigenvalue weighted by Crippen LogP contribution is -2.53. The van der Waals surface area contributed by atoms with Crippen LogP contribution < -0.4 is 14.4 Å². The third-order valence-corrected chi connectivity index (χ3v) is 8.90. The van der Waals surface area contributed by atoms with Crippen LogP contribution in [0.3, 0.4) is 0 Å². The van der Waals surface area contributed by atoms with Crippen molar-refractivity contribution in [3.05, 3.63) is 89.5 Å². The molecule has 2 amide bonds. The molecule has 0 saturated carbocycles. The first-order valence-electron chi connectivity index (χ1n) is 13.9. The lowest BCUT2D eigenvalue weighted by Gasteiger charge is -2.34. The van der Waals surface area contributed by atoms with Gasteiger partial charge in [0.15, 0.2) is 0 Å². The highest BCUT2D eigenvalue weighted by molar-refractivity contribution is 7.92. The molecule has 8 nitrogen and oxygen atoms in total. The molecular formula is C32H41N3O5S. The largest absolute Gasteiger partial charge is 0.497 e. The highest BCUT2D eigenvalue weighted by Crippen LogP contribution is 2.28. The van der Waals surface area contributed by atoms with E-state index in [1.165, 1.54) is 17.0 Å². The average molecular weight is 580 g/mol. The van der Waals surface area contributed by atoms with Gasteiger partial charge in [0.2, 0.25) is 11.8 Å². The van der Waals surface area contributed by atoms with E-state index in [1.807, 2.05) is 58.9 Å². The minimum Gasteiger partial charge on any atom is -0.497 e. The highest BCUT2D eigenvalue weighted by Gasteiger charge is 2.34. The maximum absolute atomic E-state index is 14.2. The van der Waals surface area contributed by atoms with Crippen molar-refractivity contribution in [1.29, 1.82) is 0 Å². The number of methoxy groups -OCH3 is 1. The van der Waals surface area contributed by atoms with Crippen molar-refractivity contribution in [3.63, 3.8) is 0 Å². The lowest BCUT2D eigenvalue weighted by atomic mass is 10.1. The Bertz CT molecular complexity index is 1430. The second kappa shape index (κ2) is 14.2. The predicted octanol–water partition coefficient (Wildman–Crippen LogP) is 5.23. The number of aryl methyl sites for hydroxylation is 2. The molecule has 0 spiro atoms. The van der Waals surface area contributed by atoms with E-state index < -0.39 is 28.5 Å². The summed E-state index contributed by atoms with van der Waals surface area (Å²) in [6, 6.07) is 19.9. The van der Waals surface area contributed by atoms with Gasteiger partial charge in [-0.25, -0.2) is 8.42 Å². The molecule has 0 aromatic heterocycles. The Morgan fingerprint density at radius 3 is 2.15 bits per heavy atom. The lowest BCUT2D eigenvalue weighted by molar-refractivity contribution is -0.140. The Labute approximate surface area is 244 Å². The molecule has 3 aromatic carbocycles. The Morgan fingerprint density at radius 2 is 1.59 bits per heavy atom. The van der Waals surface area contributed by atoms with E-state index in [2.05, 4.69) is 5.32 Å². The fourth-order valence-corrected chi connectivity index (χ4v) is 6.11. The molecule has 2 atom stereocenters. The summed E-state index contributed by atoms with van der Waals surface area (Å²) in [7, 11) is -2.53. The fraction of sp³-hybridized carbons (Fsp3) is 0.375. The summed E-state index contributed by atoms with van der Waals surface area (Å²) in [5, 5.41) is 2.99. The van der Waals surface area contributed by atoms with Crippen molar-refractivity contribution < 1.29 is 22.7 Å². The molecule has 220 valence electrons. The molecule has 0 aliphatic rings. The van der Waals surface area contributed by atoms with Crippen molar-refractivity contribution >= 4 is 27.5 Å². The van der Waals surface area contributed by atoms with Crippen molar-refractivity contribution in [1.82, 2.24) is 10.2 Å². The average Bonchev–Trinajstić information content (AvgIpc) is 2.96. The predicted molar refractivity (Wildman–Crippen MR) is 162 cm³/mol. The number of carbonyl (C=O) groups excluding carboxylic acids is 2. The maximum Gasteiger partial charge on any atom is 0.264 e. The number of sulfonamides is 1. The molecule has 3 rings (SSSR count). The number of amides is 2. The van der Waals surface area contributed by atoms with E-state index in [0.717, 1.165) is 27.4 Å². The Hall–Kier alpha value is -3.85. The van der Waals surface area contributed by atoms with Gasteiger partial charge < -0.3 is 15.0 Å². The first-order chi connectivity index (χ1) is 19.5. The number of nitrogens with zero attached hydrogens (tertiary/aromatic N) is 2. The van der Waals surface area contributed by atoms with Gasteiger partial charge >= 0.3 is 0 Å². The summed E-state index contributed by atoms with van der Waals surface area (Å²) in [6.45, 7) is 9.14. The van der Waals surface area contributed by atoms with Gasteiger partial charge in [0, 0.05) is 12.6 Å². The summed E-state index contributed by atoms with van der Waals surface area (Å²) in [4.78, 5) is 29.1. The first kappa shape index (κ1) is 31.7. The molecule has 0 bridgehead atoms. The van der Waals surface area contributed by atoms with Crippen LogP contribution in [-0.2, 0) is 26.2 Å². The molecule has 0 fully saturated rings. The quantitative estimate of drug-likeness (QED) is 0.299. The summed E-state index contributed by atoms with van der Waals surface area (Å²) < 4.78 is 34.4. The zero-order chi connectivity index (χ0) is 30.2. The number of nitrogens with one attached hydrogen (secondary N) is 1. The molecule has 3 aromatic rings. The van der Waals surface area contributed by atoms with E-state index in [9.17, 15) is 18.0 Å². The molecule has 0 heterocycles. The van der Waals surface area contributed by atoms with Crippen molar-refractivity contribution in [3.8, 4) is 5.75 Å². The number of hydrogen-bond donors (Lipinski definition) is 1. The number of rotatable bonds is 13. The van der Waals surface area contributed by atoms with Crippen LogP contribution in [0.4, 0.5) is 5.69 Å². The summed E-state index contributed by atoms with van der Waals surface area (Å²) >= 11 is 0. The van der Waals surface area contributed by atoms with E-state index in [1.54, 1.807) is 43.5 Å². The standard InChI is InChI=1S/C32H41N3O5S/c1-7-25(5)33-32(37)29(8-2)34(21-26-15-17-27(40-6)18-16-26)31(36)22-35(30-19-14-23(3)20-24(30)4)41(38,39)28-12-10-9-11-13-28/h9-20,25,29H,7-8,21-22H2,1-6H3,(H,33,37)/t25-,29+/m1/s1. The molecule has 41 heavy (non-hydrogen) atoms. The van der Waals surface area contributed by atoms with Gasteiger partial charge in [-0.15, -0.1) is 0 Å². The molecule has 0 radical (unpaired) electrons. The van der Waals surface area contributed by atoms with E-state index in [-0.39, 0.29) is 23.4 Å². The van der Waals surface area contributed by atoms with Crippen LogP contribution in [0.5, 0.6) is 5.75 Å². The number of ether oxygens (including phenoxy) is 1.